The van der Waals surface area contributed by atoms with Crippen LogP contribution in [0.4, 0.5) is 0 Å². The molecule has 0 aliphatic carbocycles. The third-order valence-corrected chi connectivity index (χ3v) is 5.12. The number of rotatable bonds is 8. The summed E-state index contributed by atoms with van der Waals surface area (Å²) in [6.45, 7) is 5.25. The van der Waals surface area contributed by atoms with Crippen molar-refractivity contribution in [1.29, 1.82) is 0 Å². The minimum atomic E-state index is -0.618. The van der Waals surface area contributed by atoms with Gasteiger partial charge in [0.2, 0.25) is 5.91 Å². The third kappa shape index (κ3) is 3.62. The highest BCUT2D eigenvalue weighted by atomic mass is 16.1. The molecule has 0 spiro atoms. The molecule has 0 saturated carbocycles. The summed E-state index contributed by atoms with van der Waals surface area (Å²) in [4.78, 5) is 14.8. The second-order valence-corrected chi connectivity index (χ2v) is 7.28. The molecule has 1 unspecified atom stereocenters. The molecule has 0 heterocycles. The van der Waals surface area contributed by atoms with Crippen LogP contribution in [0.5, 0.6) is 0 Å². The second kappa shape index (κ2) is 7.80. The molecule has 24 heavy (non-hydrogen) atoms. The minimum absolute atomic E-state index is 0.153. The Morgan fingerprint density at radius 1 is 1.08 bits per heavy atom. The lowest BCUT2D eigenvalue weighted by atomic mass is 9.66. The van der Waals surface area contributed by atoms with E-state index in [0.717, 1.165) is 42.1 Å². The van der Waals surface area contributed by atoms with Gasteiger partial charge in [0.25, 0.3) is 0 Å². The lowest BCUT2D eigenvalue weighted by molar-refractivity contribution is -0.125. The minimum Gasteiger partial charge on any atom is -0.369 e. The average Bonchev–Trinajstić information content (AvgIpc) is 2.54. The smallest absolute Gasteiger partial charge is 0.228 e. The van der Waals surface area contributed by atoms with Gasteiger partial charge in [-0.2, -0.15) is 0 Å². The van der Waals surface area contributed by atoms with Crippen LogP contribution >= 0.6 is 0 Å². The van der Waals surface area contributed by atoms with Crippen LogP contribution in [0.2, 0.25) is 0 Å². The van der Waals surface area contributed by atoms with E-state index in [1.165, 1.54) is 0 Å². The quantitative estimate of drug-likeness (QED) is 0.747. The van der Waals surface area contributed by atoms with Crippen LogP contribution in [-0.2, 0) is 10.2 Å². The summed E-state index contributed by atoms with van der Waals surface area (Å²) in [7, 11) is 4.16. The molecule has 0 aliphatic rings. The highest BCUT2D eigenvalue weighted by molar-refractivity contribution is 5.95. The number of carbonyl (C=O) groups is 1. The van der Waals surface area contributed by atoms with Crippen molar-refractivity contribution < 1.29 is 4.79 Å². The lowest BCUT2D eigenvalue weighted by Crippen LogP contribution is -2.45. The molecule has 0 fully saturated rings. The second-order valence-electron chi connectivity index (χ2n) is 7.28. The molecule has 2 N–H and O–H groups in total. The van der Waals surface area contributed by atoms with Gasteiger partial charge in [-0.25, -0.2) is 0 Å². The van der Waals surface area contributed by atoms with Gasteiger partial charge in [0, 0.05) is 0 Å². The summed E-state index contributed by atoms with van der Waals surface area (Å²) < 4.78 is 0. The number of primary amides is 1. The van der Waals surface area contributed by atoms with E-state index in [1.807, 2.05) is 18.2 Å². The Kier molecular flexibility index (Phi) is 6.00. The number of carbonyl (C=O) groups excluding carboxylic acids is 1. The number of hydrogen-bond acceptors (Lipinski definition) is 2. The zero-order valence-electron chi connectivity index (χ0n) is 15.4. The largest absolute Gasteiger partial charge is 0.369 e. The lowest BCUT2D eigenvalue weighted by Gasteiger charge is -2.36. The third-order valence-electron chi connectivity index (χ3n) is 5.12. The van der Waals surface area contributed by atoms with Crippen LogP contribution in [0.25, 0.3) is 10.8 Å². The summed E-state index contributed by atoms with van der Waals surface area (Å²) in [6, 6.07) is 14.5. The molecule has 1 amide bonds. The molecule has 2 aromatic carbocycles. The van der Waals surface area contributed by atoms with E-state index in [0.29, 0.717) is 0 Å². The van der Waals surface area contributed by atoms with Crippen LogP contribution in [0.3, 0.4) is 0 Å². The van der Waals surface area contributed by atoms with Gasteiger partial charge in [-0.15, -0.1) is 0 Å². The molecule has 0 saturated heterocycles. The van der Waals surface area contributed by atoms with E-state index in [4.69, 9.17) is 5.73 Å². The van der Waals surface area contributed by atoms with Crippen molar-refractivity contribution in [3.8, 4) is 0 Å². The molecule has 0 bridgehead atoms. The van der Waals surface area contributed by atoms with Crippen molar-refractivity contribution in [3.05, 3.63) is 48.0 Å². The Bertz CT molecular complexity index is 688. The van der Waals surface area contributed by atoms with Crippen LogP contribution in [0.15, 0.2) is 42.5 Å². The maximum absolute atomic E-state index is 12.6. The van der Waals surface area contributed by atoms with E-state index < -0.39 is 5.41 Å². The number of amides is 1. The van der Waals surface area contributed by atoms with Gasteiger partial charge in [0.05, 0.1) is 5.41 Å². The fourth-order valence-corrected chi connectivity index (χ4v) is 3.72. The molecule has 2 rings (SSSR count). The predicted octanol–water partition coefficient (Wildman–Crippen LogP) is 3.95. The first-order valence-corrected chi connectivity index (χ1v) is 8.82. The molecule has 2 aromatic rings. The Hall–Kier alpha value is -1.87. The zero-order valence-corrected chi connectivity index (χ0v) is 15.4. The van der Waals surface area contributed by atoms with Gasteiger partial charge in [-0.05, 0) is 55.7 Å². The van der Waals surface area contributed by atoms with E-state index in [9.17, 15) is 4.79 Å². The highest BCUT2D eigenvalue weighted by Crippen LogP contribution is 2.40. The van der Waals surface area contributed by atoms with Crippen LogP contribution in [-0.4, -0.2) is 31.4 Å². The van der Waals surface area contributed by atoms with Crippen molar-refractivity contribution in [2.45, 2.75) is 38.5 Å². The summed E-state index contributed by atoms with van der Waals surface area (Å²) in [5, 5.41) is 2.30. The fourth-order valence-electron chi connectivity index (χ4n) is 3.72. The van der Waals surface area contributed by atoms with Crippen molar-refractivity contribution in [2.75, 3.05) is 20.6 Å². The van der Waals surface area contributed by atoms with Gasteiger partial charge >= 0.3 is 0 Å². The highest BCUT2D eigenvalue weighted by Gasteiger charge is 2.42. The number of nitrogens with two attached hydrogens (primary N) is 1. The Labute approximate surface area is 145 Å². The maximum atomic E-state index is 12.6. The van der Waals surface area contributed by atoms with Crippen molar-refractivity contribution >= 4 is 16.7 Å². The maximum Gasteiger partial charge on any atom is 0.228 e. The van der Waals surface area contributed by atoms with Gasteiger partial charge < -0.3 is 10.6 Å². The van der Waals surface area contributed by atoms with E-state index >= 15 is 0 Å². The molecule has 0 aromatic heterocycles. The summed E-state index contributed by atoms with van der Waals surface area (Å²) in [6.07, 6.45) is 2.85. The molecule has 3 heteroatoms. The average molecular weight is 326 g/mol. The van der Waals surface area contributed by atoms with E-state index in [-0.39, 0.29) is 11.8 Å². The molecule has 0 aliphatic heterocycles. The Morgan fingerprint density at radius 2 is 1.75 bits per heavy atom. The number of hydrogen-bond donors (Lipinski definition) is 1. The van der Waals surface area contributed by atoms with Gasteiger partial charge in [-0.3, -0.25) is 4.79 Å². The number of unbranched alkanes of at least 4 members (excludes halogenated alkanes) is 1. The standard InChI is InChI=1S/C21H30N2O/c1-16(2)21(20(22)24,14-7-8-15-23(3)4)19-13-9-11-17-10-5-6-12-18(17)19/h5-6,9-13,16H,7-8,14-15H2,1-4H3,(H2,22,24). The van der Waals surface area contributed by atoms with Crippen molar-refractivity contribution in [2.24, 2.45) is 11.7 Å². The van der Waals surface area contributed by atoms with Crippen LogP contribution in [0, 0.1) is 5.92 Å². The van der Waals surface area contributed by atoms with Gasteiger partial charge in [0.1, 0.15) is 0 Å². The van der Waals surface area contributed by atoms with Crippen molar-refractivity contribution in [3.63, 3.8) is 0 Å². The van der Waals surface area contributed by atoms with Crippen LogP contribution < -0.4 is 5.73 Å². The molecule has 1 atom stereocenters. The molecular weight excluding hydrogens is 296 g/mol. The zero-order chi connectivity index (χ0) is 17.7. The Morgan fingerprint density at radius 3 is 2.38 bits per heavy atom. The number of benzene rings is 2. The first kappa shape index (κ1) is 18.5. The van der Waals surface area contributed by atoms with Gasteiger partial charge in [0.15, 0.2) is 0 Å². The van der Waals surface area contributed by atoms with Crippen molar-refractivity contribution in [1.82, 2.24) is 4.90 Å². The first-order chi connectivity index (χ1) is 11.4. The molecular formula is C21H30N2O. The summed E-state index contributed by atoms with van der Waals surface area (Å²) in [5.41, 5.74) is 6.45. The number of fused-ring (bicyclic) bond motifs is 1. The topological polar surface area (TPSA) is 46.3 Å². The first-order valence-electron chi connectivity index (χ1n) is 8.82. The van der Waals surface area contributed by atoms with Gasteiger partial charge in [-0.1, -0.05) is 62.7 Å². The normalized spacial score (nSPS) is 14.2. The molecule has 0 radical (unpaired) electrons. The van der Waals surface area contributed by atoms with E-state index in [1.54, 1.807) is 0 Å². The predicted molar refractivity (Wildman–Crippen MR) is 102 cm³/mol. The molecule has 3 nitrogen and oxygen atoms in total. The molecule has 130 valence electrons. The fraction of sp³-hybridized carbons (Fsp3) is 0.476. The Balaban J connectivity index is 2.46. The summed E-state index contributed by atoms with van der Waals surface area (Å²) in [5.74, 6) is -0.0566. The summed E-state index contributed by atoms with van der Waals surface area (Å²) >= 11 is 0. The monoisotopic (exact) mass is 326 g/mol. The van der Waals surface area contributed by atoms with E-state index in [2.05, 4.69) is 57.1 Å². The SMILES string of the molecule is CC(C)C(CCCCN(C)C)(C(N)=O)c1cccc2ccccc12. The number of nitrogens with zero attached hydrogens (tertiary/aromatic N) is 1. The van der Waals surface area contributed by atoms with Crippen LogP contribution in [0.1, 0.15) is 38.7 Å².